The van der Waals surface area contributed by atoms with Crippen LogP contribution in [0.5, 0.6) is 0 Å². The van der Waals surface area contributed by atoms with Crippen molar-refractivity contribution in [1.29, 1.82) is 0 Å². The number of fused-ring (bicyclic) bond motifs is 5. The maximum absolute atomic E-state index is 12.6. The Labute approximate surface area is 176 Å². The first-order valence-corrected chi connectivity index (χ1v) is 12.1. The standard InChI is InChI=1S/C27H38O2/c1-25-16-17-27(29,15-12-19-6-4-3-5-7-19)18-20(25)8-9-21-22-10-11-24(28)26(22,2)14-13-23(21)25/h3-7,20-23,29H,8-18H2,1-2H3/t20?,21-,22-,23+,25-,26-,27?/m0/s1. The molecular formula is C27H38O2. The summed E-state index contributed by atoms with van der Waals surface area (Å²) in [6.45, 7) is 4.82. The lowest BCUT2D eigenvalue weighted by Gasteiger charge is -2.61. The summed E-state index contributed by atoms with van der Waals surface area (Å²) in [7, 11) is 0. The average molecular weight is 395 g/mol. The zero-order valence-corrected chi connectivity index (χ0v) is 18.3. The molecule has 1 aromatic carbocycles. The van der Waals surface area contributed by atoms with E-state index >= 15 is 0 Å². The molecule has 2 unspecified atom stereocenters. The molecule has 4 aliphatic rings. The van der Waals surface area contributed by atoms with E-state index < -0.39 is 5.60 Å². The molecule has 1 aromatic rings. The minimum atomic E-state index is -0.487. The fourth-order valence-corrected chi connectivity index (χ4v) is 8.34. The third kappa shape index (κ3) is 3.12. The van der Waals surface area contributed by atoms with Crippen molar-refractivity contribution in [3.8, 4) is 0 Å². The van der Waals surface area contributed by atoms with Crippen LogP contribution in [0.4, 0.5) is 0 Å². The zero-order valence-electron chi connectivity index (χ0n) is 18.3. The van der Waals surface area contributed by atoms with Crippen LogP contribution in [-0.2, 0) is 11.2 Å². The molecule has 5 rings (SSSR count). The van der Waals surface area contributed by atoms with Gasteiger partial charge in [-0.15, -0.1) is 0 Å². The fraction of sp³-hybridized carbons (Fsp3) is 0.741. The Hall–Kier alpha value is -1.15. The number of aryl methyl sites for hydroxylation is 1. The lowest BCUT2D eigenvalue weighted by Crippen LogP contribution is -2.56. The number of rotatable bonds is 3. The summed E-state index contributed by atoms with van der Waals surface area (Å²) in [4.78, 5) is 12.6. The van der Waals surface area contributed by atoms with Gasteiger partial charge in [0.05, 0.1) is 5.60 Å². The summed E-state index contributed by atoms with van der Waals surface area (Å²) in [5.74, 6) is 3.35. The third-order valence-electron chi connectivity index (χ3n) is 10.3. The first kappa shape index (κ1) is 19.8. The van der Waals surface area contributed by atoms with E-state index in [0.29, 0.717) is 23.0 Å². The van der Waals surface area contributed by atoms with E-state index in [4.69, 9.17) is 0 Å². The number of hydrogen-bond acceptors (Lipinski definition) is 2. The maximum Gasteiger partial charge on any atom is 0.139 e. The van der Waals surface area contributed by atoms with Crippen molar-refractivity contribution < 1.29 is 9.90 Å². The molecule has 0 spiro atoms. The van der Waals surface area contributed by atoms with Gasteiger partial charge in [0, 0.05) is 11.8 Å². The minimum Gasteiger partial charge on any atom is -0.390 e. The highest BCUT2D eigenvalue weighted by Crippen LogP contribution is 2.66. The van der Waals surface area contributed by atoms with Gasteiger partial charge < -0.3 is 5.11 Å². The summed E-state index contributed by atoms with van der Waals surface area (Å²) in [6, 6.07) is 10.6. The van der Waals surface area contributed by atoms with Crippen molar-refractivity contribution in [1.82, 2.24) is 0 Å². The molecule has 0 saturated heterocycles. The van der Waals surface area contributed by atoms with Crippen LogP contribution < -0.4 is 0 Å². The quantitative estimate of drug-likeness (QED) is 0.686. The number of carbonyl (C=O) groups is 1. The van der Waals surface area contributed by atoms with Crippen molar-refractivity contribution in [2.24, 2.45) is 34.5 Å². The van der Waals surface area contributed by atoms with Gasteiger partial charge in [0.25, 0.3) is 0 Å². The van der Waals surface area contributed by atoms with Gasteiger partial charge in [0.15, 0.2) is 0 Å². The Bertz CT molecular complexity index is 772. The molecule has 0 bridgehead atoms. The molecule has 0 heterocycles. The van der Waals surface area contributed by atoms with E-state index in [9.17, 15) is 9.90 Å². The molecule has 4 fully saturated rings. The molecule has 7 atom stereocenters. The van der Waals surface area contributed by atoms with Crippen molar-refractivity contribution in [2.75, 3.05) is 0 Å². The molecule has 2 nitrogen and oxygen atoms in total. The average Bonchev–Trinajstić information content (AvgIpc) is 3.03. The lowest BCUT2D eigenvalue weighted by atomic mass is 9.44. The maximum atomic E-state index is 12.6. The predicted molar refractivity (Wildman–Crippen MR) is 116 cm³/mol. The summed E-state index contributed by atoms with van der Waals surface area (Å²) in [6.07, 6.45) is 11.8. The molecule has 2 heteroatoms. The van der Waals surface area contributed by atoms with E-state index in [1.807, 2.05) is 0 Å². The highest BCUT2D eigenvalue weighted by Gasteiger charge is 2.61. The predicted octanol–water partition coefficient (Wildman–Crippen LogP) is 5.96. The summed E-state index contributed by atoms with van der Waals surface area (Å²) in [5, 5.41) is 11.5. The number of benzene rings is 1. The van der Waals surface area contributed by atoms with Crippen molar-refractivity contribution in [3.63, 3.8) is 0 Å². The van der Waals surface area contributed by atoms with Gasteiger partial charge in [-0.25, -0.2) is 0 Å². The number of aliphatic hydroxyl groups is 1. The molecule has 0 radical (unpaired) electrons. The van der Waals surface area contributed by atoms with Gasteiger partial charge in [-0.3, -0.25) is 4.79 Å². The summed E-state index contributed by atoms with van der Waals surface area (Å²) >= 11 is 0. The van der Waals surface area contributed by atoms with Crippen LogP contribution in [0.1, 0.15) is 83.6 Å². The van der Waals surface area contributed by atoms with Crippen LogP contribution in [-0.4, -0.2) is 16.5 Å². The number of hydrogen-bond donors (Lipinski definition) is 1. The largest absolute Gasteiger partial charge is 0.390 e. The summed E-state index contributed by atoms with van der Waals surface area (Å²) in [5.41, 5.74) is 1.21. The highest BCUT2D eigenvalue weighted by molar-refractivity contribution is 5.87. The van der Waals surface area contributed by atoms with Gasteiger partial charge in [0.2, 0.25) is 0 Å². The minimum absolute atomic E-state index is 0.0184. The van der Waals surface area contributed by atoms with E-state index in [2.05, 4.69) is 44.2 Å². The molecular weight excluding hydrogens is 356 g/mol. The van der Waals surface area contributed by atoms with Crippen molar-refractivity contribution >= 4 is 5.78 Å². The number of ketones is 1. The highest BCUT2D eigenvalue weighted by atomic mass is 16.3. The second kappa shape index (κ2) is 6.94. The van der Waals surface area contributed by atoms with Crippen LogP contribution >= 0.6 is 0 Å². The molecule has 4 saturated carbocycles. The van der Waals surface area contributed by atoms with Gasteiger partial charge in [0.1, 0.15) is 5.78 Å². The summed E-state index contributed by atoms with van der Waals surface area (Å²) < 4.78 is 0. The lowest BCUT2D eigenvalue weighted by molar-refractivity contribution is -0.154. The topological polar surface area (TPSA) is 37.3 Å². The third-order valence-corrected chi connectivity index (χ3v) is 10.3. The van der Waals surface area contributed by atoms with E-state index in [1.54, 1.807) is 0 Å². The smallest absolute Gasteiger partial charge is 0.139 e. The van der Waals surface area contributed by atoms with Crippen molar-refractivity contribution in [3.05, 3.63) is 35.9 Å². The molecule has 0 aromatic heterocycles. The Kier molecular flexibility index (Phi) is 4.74. The first-order chi connectivity index (χ1) is 13.8. The van der Waals surface area contributed by atoms with Crippen LogP contribution in [0.15, 0.2) is 30.3 Å². The Morgan fingerprint density at radius 2 is 1.76 bits per heavy atom. The van der Waals surface area contributed by atoms with Crippen LogP contribution in [0.2, 0.25) is 0 Å². The Morgan fingerprint density at radius 3 is 2.55 bits per heavy atom. The second-order valence-electron chi connectivity index (χ2n) is 11.5. The number of carbonyl (C=O) groups excluding carboxylic acids is 1. The Balaban J connectivity index is 1.30. The SMILES string of the molecule is C[C@]12CCC(O)(CCc3ccccc3)CC1CC[C@@H]1[C@H]2CC[C@]2(C)C(=O)CC[C@@H]12. The first-order valence-electron chi connectivity index (χ1n) is 12.1. The molecule has 0 amide bonds. The fourth-order valence-electron chi connectivity index (χ4n) is 8.34. The van der Waals surface area contributed by atoms with E-state index in [1.165, 1.54) is 31.2 Å². The molecule has 158 valence electrons. The monoisotopic (exact) mass is 394 g/mol. The van der Waals surface area contributed by atoms with Crippen LogP contribution in [0.25, 0.3) is 0 Å². The van der Waals surface area contributed by atoms with Crippen molar-refractivity contribution in [2.45, 2.75) is 90.1 Å². The van der Waals surface area contributed by atoms with E-state index in [0.717, 1.165) is 56.8 Å². The number of Topliss-reactive ketones (excluding diaryl/α,β-unsaturated/α-hetero) is 1. The zero-order chi connectivity index (χ0) is 20.3. The van der Waals surface area contributed by atoms with Gasteiger partial charge in [-0.05, 0) is 98.9 Å². The van der Waals surface area contributed by atoms with Gasteiger partial charge in [-0.2, -0.15) is 0 Å². The normalized spacial score (nSPS) is 46.7. The molecule has 1 N–H and O–H groups in total. The molecule has 0 aliphatic heterocycles. The molecule has 4 aliphatic carbocycles. The van der Waals surface area contributed by atoms with Crippen LogP contribution in [0, 0.1) is 34.5 Å². The van der Waals surface area contributed by atoms with E-state index in [-0.39, 0.29) is 5.41 Å². The van der Waals surface area contributed by atoms with Gasteiger partial charge in [-0.1, -0.05) is 44.2 Å². The Morgan fingerprint density at radius 1 is 0.966 bits per heavy atom. The van der Waals surface area contributed by atoms with Crippen LogP contribution in [0.3, 0.4) is 0 Å². The molecule has 29 heavy (non-hydrogen) atoms. The van der Waals surface area contributed by atoms with Gasteiger partial charge >= 0.3 is 0 Å². The second-order valence-corrected chi connectivity index (χ2v) is 11.5.